The quantitative estimate of drug-likeness (QED) is 0.149. The zero-order valence-corrected chi connectivity index (χ0v) is 22.7. The predicted molar refractivity (Wildman–Crippen MR) is 145 cm³/mol. The van der Waals surface area contributed by atoms with Gasteiger partial charge in [0.2, 0.25) is 11.8 Å². The third-order valence-electron chi connectivity index (χ3n) is 6.93. The van der Waals surface area contributed by atoms with Crippen LogP contribution in [-0.2, 0) is 23.8 Å². The van der Waals surface area contributed by atoms with Crippen molar-refractivity contribution in [1.29, 1.82) is 0 Å². The molecule has 2 aliphatic heterocycles. The van der Waals surface area contributed by atoms with Gasteiger partial charge in [-0.2, -0.15) is 0 Å². The Hall–Kier alpha value is -2.90. The highest BCUT2D eigenvalue weighted by Crippen LogP contribution is 2.22. The molecule has 12 heteroatoms. The number of aldehydes is 1. The second kappa shape index (κ2) is 16.3. The van der Waals surface area contributed by atoms with Crippen molar-refractivity contribution in [3.05, 3.63) is 29.3 Å². The number of hydrogen-bond acceptors (Lipinski definition) is 10. The highest BCUT2D eigenvalue weighted by molar-refractivity contribution is 6.06. The van der Waals surface area contributed by atoms with Crippen LogP contribution in [0.25, 0.3) is 0 Å². The molecule has 2 heterocycles. The van der Waals surface area contributed by atoms with E-state index < -0.39 is 17.9 Å². The molecule has 0 radical (unpaired) electrons. The number of benzene rings is 1. The molecule has 1 unspecified atom stereocenters. The van der Waals surface area contributed by atoms with E-state index in [2.05, 4.69) is 15.5 Å². The maximum atomic E-state index is 13.2. The van der Waals surface area contributed by atoms with Crippen LogP contribution in [0.1, 0.15) is 46.4 Å². The van der Waals surface area contributed by atoms with Gasteiger partial charge in [0, 0.05) is 56.9 Å². The Morgan fingerprint density at radius 1 is 1.08 bits per heavy atom. The molecule has 12 nitrogen and oxygen atoms in total. The van der Waals surface area contributed by atoms with Crippen LogP contribution in [0.2, 0.25) is 0 Å². The number of carbonyl (C=O) groups excluding carboxylic acids is 4. The largest absolute Gasteiger partial charge is 0.382 e. The van der Waals surface area contributed by atoms with Gasteiger partial charge in [0.25, 0.3) is 5.91 Å². The smallest absolute Gasteiger partial charge is 0.255 e. The maximum absolute atomic E-state index is 13.2. The summed E-state index contributed by atoms with van der Waals surface area (Å²) in [5.74, 6) is -1.28. The third-order valence-corrected chi connectivity index (χ3v) is 6.93. The van der Waals surface area contributed by atoms with Crippen LogP contribution in [0, 0.1) is 0 Å². The third kappa shape index (κ3) is 9.66. The van der Waals surface area contributed by atoms with Crippen LogP contribution < -0.4 is 16.4 Å². The van der Waals surface area contributed by atoms with E-state index in [1.54, 1.807) is 18.2 Å². The summed E-state index contributed by atoms with van der Waals surface area (Å²) in [7, 11) is 1.52. The second-order valence-electron chi connectivity index (χ2n) is 9.69. The Bertz CT molecular complexity index is 968. The van der Waals surface area contributed by atoms with Gasteiger partial charge < -0.3 is 35.1 Å². The molecule has 4 N–H and O–H groups in total. The number of likely N-dealkylation sites (tertiary alicyclic amines) is 1. The Balaban J connectivity index is 1.40. The van der Waals surface area contributed by atoms with Gasteiger partial charge in [0.15, 0.2) is 6.29 Å². The number of imide groups is 1. The predicted octanol–water partition coefficient (Wildman–Crippen LogP) is 0.261. The van der Waals surface area contributed by atoms with Gasteiger partial charge in [-0.25, -0.2) is 0 Å². The SMILES string of the molecule is CN(C(=O)c1cc(NC2CCN(CCOCCOCCOCCN)CC2)ccc1C=O)C1CCC(=O)NC1=O. The fourth-order valence-electron chi connectivity index (χ4n) is 4.67. The van der Waals surface area contributed by atoms with Crippen molar-refractivity contribution in [3.8, 4) is 0 Å². The van der Waals surface area contributed by atoms with E-state index in [9.17, 15) is 19.2 Å². The summed E-state index contributed by atoms with van der Waals surface area (Å²) in [6, 6.07) is 4.55. The molecule has 0 bridgehead atoms. The monoisotopic (exact) mass is 547 g/mol. The minimum absolute atomic E-state index is 0.168. The number of ether oxygens (including phenoxy) is 3. The van der Waals surface area contributed by atoms with E-state index in [-0.39, 0.29) is 35.9 Å². The summed E-state index contributed by atoms with van der Waals surface area (Å²) >= 11 is 0. The summed E-state index contributed by atoms with van der Waals surface area (Å²) in [5, 5.41) is 5.75. The minimum atomic E-state index is -0.756. The molecule has 0 saturated carbocycles. The molecule has 1 aromatic rings. The molecule has 3 rings (SSSR count). The zero-order valence-electron chi connectivity index (χ0n) is 22.7. The molecule has 0 aliphatic carbocycles. The van der Waals surface area contributed by atoms with Crippen molar-refractivity contribution in [2.24, 2.45) is 5.73 Å². The average molecular weight is 548 g/mol. The molecule has 0 spiro atoms. The van der Waals surface area contributed by atoms with Gasteiger partial charge in [-0.15, -0.1) is 0 Å². The molecule has 2 aliphatic rings. The van der Waals surface area contributed by atoms with E-state index in [1.807, 2.05) is 0 Å². The molecule has 2 fully saturated rings. The number of anilines is 1. The number of likely N-dealkylation sites (N-methyl/N-ethyl adjacent to an activating group) is 1. The Kier molecular flexibility index (Phi) is 12.8. The summed E-state index contributed by atoms with van der Waals surface area (Å²) in [5.41, 5.74) is 6.58. The normalized spacial score (nSPS) is 18.6. The van der Waals surface area contributed by atoms with Crippen molar-refractivity contribution in [2.45, 2.75) is 37.8 Å². The molecule has 1 atom stereocenters. The number of nitrogens with one attached hydrogen (secondary N) is 2. The van der Waals surface area contributed by atoms with Crippen molar-refractivity contribution in [1.82, 2.24) is 15.1 Å². The average Bonchev–Trinajstić information content (AvgIpc) is 2.94. The maximum Gasteiger partial charge on any atom is 0.255 e. The van der Waals surface area contributed by atoms with Crippen LogP contribution in [0.3, 0.4) is 0 Å². The van der Waals surface area contributed by atoms with Gasteiger partial charge in [-0.3, -0.25) is 24.5 Å². The van der Waals surface area contributed by atoms with Gasteiger partial charge in [-0.1, -0.05) is 0 Å². The van der Waals surface area contributed by atoms with Crippen LogP contribution >= 0.6 is 0 Å². The summed E-state index contributed by atoms with van der Waals surface area (Å²) in [6.45, 7) is 6.56. The number of nitrogens with zero attached hydrogens (tertiary/aromatic N) is 2. The fourth-order valence-corrected chi connectivity index (χ4v) is 4.67. The molecular weight excluding hydrogens is 506 g/mol. The number of amides is 3. The number of carbonyl (C=O) groups is 4. The van der Waals surface area contributed by atoms with Crippen LogP contribution in [-0.4, -0.2) is 119 Å². The van der Waals surface area contributed by atoms with E-state index in [0.717, 1.165) is 38.2 Å². The fraction of sp³-hybridized carbons (Fsp3) is 0.630. The molecule has 3 amide bonds. The number of rotatable bonds is 16. The zero-order chi connectivity index (χ0) is 28.0. The molecule has 216 valence electrons. The standard InChI is InChI=1S/C27H41N5O7/c1-31(24-4-5-25(34)30-26(24)35)27(36)23-18-22(3-2-20(23)19-33)29-21-6-9-32(10-7-21)11-13-38-15-17-39-16-14-37-12-8-28/h2-3,18-19,21,24,29H,4-17,28H2,1H3,(H,30,34,35). The first-order valence-electron chi connectivity index (χ1n) is 13.5. The lowest BCUT2D eigenvalue weighted by Crippen LogP contribution is -2.53. The molecule has 0 aromatic heterocycles. The second-order valence-corrected chi connectivity index (χ2v) is 9.69. The summed E-state index contributed by atoms with van der Waals surface area (Å²) in [6.07, 6.45) is 2.92. The number of piperidine rings is 2. The number of nitrogens with two attached hydrogens (primary N) is 1. The Morgan fingerprint density at radius 3 is 2.38 bits per heavy atom. The minimum Gasteiger partial charge on any atom is -0.382 e. The molecular formula is C27H41N5O7. The van der Waals surface area contributed by atoms with E-state index in [1.165, 1.54) is 11.9 Å². The first kappa shape index (κ1) is 30.6. The Labute approximate surface area is 229 Å². The van der Waals surface area contributed by atoms with Crippen LogP contribution in [0.4, 0.5) is 5.69 Å². The van der Waals surface area contributed by atoms with Crippen molar-refractivity contribution in [2.75, 3.05) is 78.2 Å². The van der Waals surface area contributed by atoms with Crippen LogP contribution in [0.15, 0.2) is 18.2 Å². The van der Waals surface area contributed by atoms with Crippen molar-refractivity contribution < 1.29 is 33.4 Å². The van der Waals surface area contributed by atoms with Gasteiger partial charge in [-0.05, 0) is 37.5 Å². The summed E-state index contributed by atoms with van der Waals surface area (Å²) in [4.78, 5) is 52.2. The molecule has 2 saturated heterocycles. The van der Waals surface area contributed by atoms with E-state index in [0.29, 0.717) is 52.5 Å². The number of hydrogen-bond donors (Lipinski definition) is 3. The lowest BCUT2D eigenvalue weighted by Gasteiger charge is -2.33. The van der Waals surface area contributed by atoms with E-state index >= 15 is 0 Å². The van der Waals surface area contributed by atoms with Gasteiger partial charge >= 0.3 is 0 Å². The highest BCUT2D eigenvalue weighted by atomic mass is 16.5. The lowest BCUT2D eigenvalue weighted by molar-refractivity contribution is -0.136. The first-order chi connectivity index (χ1) is 18.9. The first-order valence-corrected chi connectivity index (χ1v) is 13.5. The lowest BCUT2D eigenvalue weighted by atomic mass is 10.0. The van der Waals surface area contributed by atoms with Crippen molar-refractivity contribution in [3.63, 3.8) is 0 Å². The molecule has 39 heavy (non-hydrogen) atoms. The summed E-state index contributed by atoms with van der Waals surface area (Å²) < 4.78 is 16.4. The van der Waals surface area contributed by atoms with Gasteiger partial charge in [0.05, 0.1) is 45.2 Å². The van der Waals surface area contributed by atoms with Crippen LogP contribution in [0.5, 0.6) is 0 Å². The Morgan fingerprint density at radius 2 is 1.74 bits per heavy atom. The molecule has 1 aromatic carbocycles. The van der Waals surface area contributed by atoms with Gasteiger partial charge in [0.1, 0.15) is 6.04 Å². The highest BCUT2D eigenvalue weighted by Gasteiger charge is 2.33. The topological polar surface area (TPSA) is 153 Å². The van der Waals surface area contributed by atoms with Crippen molar-refractivity contribution >= 4 is 29.7 Å². The van der Waals surface area contributed by atoms with E-state index in [4.69, 9.17) is 19.9 Å².